The maximum absolute atomic E-state index is 12.9. The Morgan fingerprint density at radius 3 is 2.59 bits per heavy atom. The van der Waals surface area contributed by atoms with Crippen molar-refractivity contribution in [1.82, 2.24) is 4.90 Å². The molecular formula is C20H22F3NO3. The highest BCUT2D eigenvalue weighted by Crippen LogP contribution is 2.36. The van der Waals surface area contributed by atoms with Gasteiger partial charge in [0, 0.05) is 19.2 Å². The number of halogens is 3. The first kappa shape index (κ1) is 20.6. The van der Waals surface area contributed by atoms with Gasteiger partial charge in [0.2, 0.25) is 0 Å². The molecule has 2 aromatic rings. The van der Waals surface area contributed by atoms with Gasteiger partial charge >= 0.3 is 12.3 Å². The number of carbonyl (C=O) groups is 1. The summed E-state index contributed by atoms with van der Waals surface area (Å²) < 4.78 is 44.0. The van der Waals surface area contributed by atoms with E-state index >= 15 is 0 Å². The number of benzene rings is 2. The zero-order valence-electron chi connectivity index (χ0n) is 15.2. The molecule has 2 rings (SSSR count). The molecule has 0 heterocycles. The second kappa shape index (κ2) is 8.79. The second-order valence-electron chi connectivity index (χ2n) is 6.25. The van der Waals surface area contributed by atoms with E-state index in [1.54, 1.807) is 31.3 Å². The molecule has 1 amide bonds. The Morgan fingerprint density at radius 2 is 1.93 bits per heavy atom. The first-order valence-corrected chi connectivity index (χ1v) is 8.59. The van der Waals surface area contributed by atoms with Gasteiger partial charge < -0.3 is 14.7 Å². The Hall–Kier alpha value is -2.70. The molecule has 2 aromatic carbocycles. The number of rotatable bonds is 6. The lowest BCUT2D eigenvalue weighted by atomic mass is 9.99. The molecule has 27 heavy (non-hydrogen) atoms. The predicted molar refractivity (Wildman–Crippen MR) is 96.3 cm³/mol. The molecule has 7 heteroatoms. The third-order valence-corrected chi connectivity index (χ3v) is 4.02. The van der Waals surface area contributed by atoms with Crippen LogP contribution in [-0.4, -0.2) is 29.8 Å². The Bertz CT molecular complexity index is 790. The summed E-state index contributed by atoms with van der Waals surface area (Å²) in [6.45, 7) is 2.57. The summed E-state index contributed by atoms with van der Waals surface area (Å²) in [7, 11) is 1.59. The van der Waals surface area contributed by atoms with Crippen molar-refractivity contribution in [2.24, 2.45) is 0 Å². The van der Waals surface area contributed by atoms with Gasteiger partial charge in [-0.3, -0.25) is 0 Å². The van der Waals surface area contributed by atoms with E-state index in [1.807, 2.05) is 6.92 Å². The summed E-state index contributed by atoms with van der Waals surface area (Å²) in [5.41, 5.74) is 0.389. The lowest BCUT2D eigenvalue weighted by molar-refractivity contribution is -0.137. The highest BCUT2D eigenvalue weighted by atomic mass is 19.4. The molecule has 0 saturated carbocycles. The van der Waals surface area contributed by atoms with E-state index in [1.165, 1.54) is 4.90 Å². The van der Waals surface area contributed by atoms with Crippen LogP contribution in [0, 0.1) is 0 Å². The molecule has 0 bridgehead atoms. The van der Waals surface area contributed by atoms with Crippen molar-refractivity contribution < 1.29 is 27.8 Å². The van der Waals surface area contributed by atoms with Crippen LogP contribution in [0.1, 0.15) is 30.9 Å². The largest absolute Gasteiger partial charge is 0.507 e. The molecule has 0 spiro atoms. The van der Waals surface area contributed by atoms with Crippen molar-refractivity contribution in [3.8, 4) is 16.9 Å². The Balaban J connectivity index is 2.19. The monoisotopic (exact) mass is 381 g/mol. The van der Waals surface area contributed by atoms with Gasteiger partial charge in [-0.25, -0.2) is 4.79 Å². The van der Waals surface area contributed by atoms with Gasteiger partial charge in [-0.05, 0) is 41.8 Å². The van der Waals surface area contributed by atoms with Crippen molar-refractivity contribution in [2.75, 3.05) is 13.7 Å². The zero-order chi connectivity index (χ0) is 20.0. The minimum atomic E-state index is -4.50. The van der Waals surface area contributed by atoms with Gasteiger partial charge in [-0.2, -0.15) is 13.2 Å². The van der Waals surface area contributed by atoms with E-state index in [0.29, 0.717) is 17.7 Å². The van der Waals surface area contributed by atoms with Crippen LogP contribution in [0.25, 0.3) is 11.1 Å². The first-order valence-electron chi connectivity index (χ1n) is 8.59. The fourth-order valence-electron chi connectivity index (χ4n) is 2.53. The number of hydrogen-bond acceptors (Lipinski definition) is 3. The van der Waals surface area contributed by atoms with Crippen molar-refractivity contribution in [3.05, 3.63) is 53.6 Å². The lowest BCUT2D eigenvalue weighted by Crippen LogP contribution is -2.27. The summed E-state index contributed by atoms with van der Waals surface area (Å²) in [5.74, 6) is -0.243. The van der Waals surface area contributed by atoms with E-state index in [9.17, 15) is 23.1 Å². The number of amides is 1. The third-order valence-electron chi connectivity index (χ3n) is 4.02. The maximum Gasteiger partial charge on any atom is 0.416 e. The van der Waals surface area contributed by atoms with Crippen LogP contribution < -0.4 is 0 Å². The minimum absolute atomic E-state index is 0.0832. The van der Waals surface area contributed by atoms with Crippen LogP contribution in [0.4, 0.5) is 18.0 Å². The van der Waals surface area contributed by atoms with Crippen LogP contribution in [0.15, 0.2) is 42.5 Å². The molecule has 0 atom stereocenters. The van der Waals surface area contributed by atoms with Crippen molar-refractivity contribution >= 4 is 6.09 Å². The number of phenols is 1. The Kier molecular flexibility index (Phi) is 6.71. The van der Waals surface area contributed by atoms with Gasteiger partial charge in [0.25, 0.3) is 0 Å². The fourth-order valence-corrected chi connectivity index (χ4v) is 2.53. The predicted octanol–water partition coefficient (Wildman–Crippen LogP) is 5.45. The molecule has 0 radical (unpaired) electrons. The van der Waals surface area contributed by atoms with Gasteiger partial charge in [-0.1, -0.05) is 31.5 Å². The highest BCUT2D eigenvalue weighted by Gasteiger charge is 2.31. The maximum atomic E-state index is 12.9. The van der Waals surface area contributed by atoms with Gasteiger partial charge in [0.05, 0.1) is 12.2 Å². The lowest BCUT2D eigenvalue weighted by Gasteiger charge is -2.18. The van der Waals surface area contributed by atoms with E-state index < -0.39 is 17.8 Å². The Morgan fingerprint density at radius 1 is 1.19 bits per heavy atom. The molecule has 0 saturated heterocycles. The second-order valence-corrected chi connectivity index (χ2v) is 6.25. The van der Waals surface area contributed by atoms with Crippen LogP contribution >= 0.6 is 0 Å². The quantitative estimate of drug-likeness (QED) is 0.677. The molecule has 0 aliphatic rings. The molecule has 0 aromatic heterocycles. The number of unbranched alkanes of at least 4 members (excludes halogenated alkanes) is 1. The highest BCUT2D eigenvalue weighted by molar-refractivity contribution is 5.72. The van der Waals surface area contributed by atoms with E-state index in [2.05, 4.69) is 0 Å². The van der Waals surface area contributed by atoms with Gasteiger partial charge in [0.1, 0.15) is 5.75 Å². The van der Waals surface area contributed by atoms with Crippen LogP contribution in [0.3, 0.4) is 0 Å². The number of hydrogen-bond donors (Lipinski definition) is 1. The van der Waals surface area contributed by atoms with E-state index in [0.717, 1.165) is 31.0 Å². The third kappa shape index (κ3) is 5.64. The van der Waals surface area contributed by atoms with Gasteiger partial charge in [0.15, 0.2) is 0 Å². The molecule has 0 fully saturated rings. The summed E-state index contributed by atoms with van der Waals surface area (Å²) in [4.78, 5) is 13.3. The zero-order valence-corrected chi connectivity index (χ0v) is 15.2. The van der Waals surface area contributed by atoms with Crippen LogP contribution in [-0.2, 0) is 17.5 Å². The van der Waals surface area contributed by atoms with Crippen molar-refractivity contribution in [1.29, 1.82) is 0 Å². The normalized spacial score (nSPS) is 11.3. The Labute approximate surface area is 156 Å². The molecule has 4 nitrogen and oxygen atoms in total. The average molecular weight is 381 g/mol. The summed E-state index contributed by atoms with van der Waals surface area (Å²) in [6, 6.07) is 9.45. The van der Waals surface area contributed by atoms with Crippen LogP contribution in [0.5, 0.6) is 5.75 Å². The van der Waals surface area contributed by atoms with Crippen LogP contribution in [0.2, 0.25) is 0 Å². The number of alkyl halides is 3. The molecule has 146 valence electrons. The number of phenolic OH excluding ortho intramolecular Hbond substituents is 1. The summed E-state index contributed by atoms with van der Waals surface area (Å²) in [5, 5.41) is 9.98. The number of aromatic hydroxyl groups is 1. The van der Waals surface area contributed by atoms with E-state index in [4.69, 9.17) is 4.74 Å². The molecule has 0 unspecified atom stereocenters. The molecule has 1 N–H and O–H groups in total. The van der Waals surface area contributed by atoms with Gasteiger partial charge in [-0.15, -0.1) is 0 Å². The minimum Gasteiger partial charge on any atom is -0.507 e. The number of carbonyl (C=O) groups excluding carboxylic acids is 1. The first-order chi connectivity index (χ1) is 12.7. The summed E-state index contributed by atoms with van der Waals surface area (Å²) >= 11 is 0. The number of nitrogens with zero attached hydrogens (tertiary/aromatic N) is 1. The molecule has 0 aliphatic carbocycles. The summed E-state index contributed by atoms with van der Waals surface area (Å²) in [6.07, 6.45) is -3.26. The molecule has 0 aliphatic heterocycles. The van der Waals surface area contributed by atoms with Crippen molar-refractivity contribution in [2.45, 2.75) is 32.5 Å². The van der Waals surface area contributed by atoms with E-state index in [-0.39, 0.29) is 17.9 Å². The fraction of sp³-hybridized carbons (Fsp3) is 0.350. The standard InChI is InChI=1S/C20H22F3NO3/c1-3-4-10-27-19(26)24(2)13-14-6-5-7-15(11-14)17-12-16(20(21,22)23)8-9-18(17)25/h5-9,11-12,25H,3-4,10,13H2,1-2H3. The smallest absolute Gasteiger partial charge is 0.416 e. The average Bonchev–Trinajstić information content (AvgIpc) is 2.61. The molecular weight excluding hydrogens is 359 g/mol. The topological polar surface area (TPSA) is 49.8 Å². The number of ether oxygens (including phenoxy) is 1. The SMILES string of the molecule is CCCCOC(=O)N(C)Cc1cccc(-c2cc(C(F)(F)F)ccc2O)c1. The van der Waals surface area contributed by atoms with Crippen molar-refractivity contribution in [3.63, 3.8) is 0 Å².